The number of rotatable bonds is 2. The van der Waals surface area contributed by atoms with Crippen LogP contribution in [0.25, 0.3) is 0 Å². The predicted octanol–water partition coefficient (Wildman–Crippen LogP) is 2.71. The number of hydrogen-bond donors (Lipinski definition) is 2. The Morgan fingerprint density at radius 2 is 1.68 bits per heavy atom. The van der Waals surface area contributed by atoms with E-state index in [1.165, 1.54) is 37.0 Å². The summed E-state index contributed by atoms with van der Waals surface area (Å²) in [6, 6.07) is 0. The predicted molar refractivity (Wildman–Crippen MR) is 72.0 cm³/mol. The zero-order chi connectivity index (χ0) is 13.5. The van der Waals surface area contributed by atoms with Gasteiger partial charge in [0.15, 0.2) is 0 Å². The normalized spacial score (nSPS) is 39.5. The Morgan fingerprint density at radius 3 is 2.21 bits per heavy atom. The Balaban J connectivity index is 1.56. The summed E-state index contributed by atoms with van der Waals surface area (Å²) in [5.41, 5.74) is -0.498. The summed E-state index contributed by atoms with van der Waals surface area (Å²) in [6.07, 6.45) is 8.33. The molecule has 0 aromatic carbocycles. The molecular formula is C15H25NO3. The van der Waals surface area contributed by atoms with Crippen molar-refractivity contribution in [1.29, 1.82) is 0 Å². The number of nitrogens with zero attached hydrogens (tertiary/aromatic N) is 1. The maximum absolute atomic E-state index is 11.0. The van der Waals surface area contributed by atoms with E-state index < -0.39 is 11.7 Å². The first-order valence-corrected chi connectivity index (χ1v) is 7.76. The quantitative estimate of drug-likeness (QED) is 0.808. The molecule has 1 amide bonds. The molecule has 0 spiro atoms. The van der Waals surface area contributed by atoms with Crippen LogP contribution in [0.15, 0.2) is 0 Å². The van der Waals surface area contributed by atoms with E-state index in [1.54, 1.807) is 0 Å². The zero-order valence-corrected chi connectivity index (χ0v) is 11.6. The Hall–Kier alpha value is -0.770. The van der Waals surface area contributed by atoms with E-state index >= 15 is 0 Å². The average molecular weight is 267 g/mol. The second-order valence-electron chi connectivity index (χ2n) is 7.05. The highest BCUT2D eigenvalue weighted by Crippen LogP contribution is 2.47. The highest BCUT2D eigenvalue weighted by molar-refractivity contribution is 5.65. The molecule has 108 valence electrons. The number of fused-ring (bicyclic) bond motifs is 1. The first-order chi connectivity index (χ1) is 9.06. The van der Waals surface area contributed by atoms with Crippen LogP contribution < -0.4 is 0 Å². The molecule has 1 aliphatic heterocycles. The van der Waals surface area contributed by atoms with E-state index in [2.05, 4.69) is 0 Å². The molecule has 2 saturated carbocycles. The highest BCUT2D eigenvalue weighted by Gasteiger charge is 2.49. The largest absolute Gasteiger partial charge is 0.465 e. The van der Waals surface area contributed by atoms with Gasteiger partial charge in [-0.3, -0.25) is 0 Å². The Labute approximate surface area is 114 Å². The maximum atomic E-state index is 11.0. The van der Waals surface area contributed by atoms with E-state index in [4.69, 9.17) is 5.11 Å². The molecule has 19 heavy (non-hydrogen) atoms. The third-order valence-corrected chi connectivity index (χ3v) is 5.52. The van der Waals surface area contributed by atoms with Gasteiger partial charge in [-0.1, -0.05) is 32.1 Å². The third-order valence-electron chi connectivity index (χ3n) is 5.52. The molecule has 0 aromatic rings. The van der Waals surface area contributed by atoms with E-state index in [9.17, 15) is 9.90 Å². The number of amides is 1. The van der Waals surface area contributed by atoms with Crippen molar-refractivity contribution in [3.8, 4) is 0 Å². The van der Waals surface area contributed by atoms with Gasteiger partial charge in [-0.2, -0.15) is 0 Å². The van der Waals surface area contributed by atoms with Crippen molar-refractivity contribution < 1.29 is 15.0 Å². The minimum Gasteiger partial charge on any atom is -0.465 e. The van der Waals surface area contributed by atoms with Crippen LogP contribution in [0.3, 0.4) is 0 Å². The average Bonchev–Trinajstić information content (AvgIpc) is 2.85. The number of likely N-dealkylation sites (tertiary alicyclic amines) is 1. The van der Waals surface area contributed by atoms with Gasteiger partial charge in [0, 0.05) is 13.1 Å². The topological polar surface area (TPSA) is 60.8 Å². The van der Waals surface area contributed by atoms with Crippen LogP contribution in [0, 0.1) is 17.8 Å². The van der Waals surface area contributed by atoms with E-state index in [0.29, 0.717) is 30.8 Å². The van der Waals surface area contributed by atoms with Crippen molar-refractivity contribution in [2.24, 2.45) is 17.8 Å². The summed E-state index contributed by atoms with van der Waals surface area (Å²) in [4.78, 5) is 12.5. The number of aliphatic hydroxyl groups is 1. The van der Waals surface area contributed by atoms with Gasteiger partial charge < -0.3 is 15.1 Å². The molecule has 3 fully saturated rings. The molecular weight excluding hydrogens is 242 g/mol. The highest BCUT2D eigenvalue weighted by atomic mass is 16.4. The summed E-state index contributed by atoms with van der Waals surface area (Å²) in [6.45, 7) is 1.26. The number of carboxylic acid groups (broad SMARTS) is 1. The summed E-state index contributed by atoms with van der Waals surface area (Å²) in [7, 11) is 0. The van der Waals surface area contributed by atoms with Gasteiger partial charge in [0.2, 0.25) is 0 Å². The van der Waals surface area contributed by atoms with Gasteiger partial charge in [0.1, 0.15) is 0 Å². The van der Waals surface area contributed by atoms with Crippen LogP contribution >= 0.6 is 0 Å². The maximum Gasteiger partial charge on any atom is 0.407 e. The van der Waals surface area contributed by atoms with Crippen LogP contribution in [0.4, 0.5) is 4.79 Å². The molecule has 3 aliphatic rings. The molecule has 4 nitrogen and oxygen atoms in total. The Bertz CT molecular complexity index is 337. The van der Waals surface area contributed by atoms with Crippen molar-refractivity contribution in [2.45, 2.75) is 57.0 Å². The second-order valence-corrected chi connectivity index (χ2v) is 7.05. The minimum absolute atomic E-state index is 0.393. The van der Waals surface area contributed by atoms with Crippen molar-refractivity contribution in [1.82, 2.24) is 4.90 Å². The first kappa shape index (κ1) is 13.2. The molecule has 3 rings (SSSR count). The third kappa shape index (κ3) is 2.73. The molecule has 2 unspecified atom stereocenters. The molecule has 0 radical (unpaired) electrons. The SMILES string of the molecule is O=C(O)N1CC2CC(O)(CC3CCCCC3)CC2C1. The van der Waals surface area contributed by atoms with Crippen molar-refractivity contribution in [2.75, 3.05) is 13.1 Å². The zero-order valence-electron chi connectivity index (χ0n) is 11.6. The fraction of sp³-hybridized carbons (Fsp3) is 0.933. The molecule has 1 heterocycles. The first-order valence-electron chi connectivity index (χ1n) is 7.76. The molecule has 2 aliphatic carbocycles. The molecule has 0 aromatic heterocycles. The Kier molecular flexibility index (Phi) is 3.46. The lowest BCUT2D eigenvalue weighted by molar-refractivity contribution is 0.00625. The van der Waals surface area contributed by atoms with E-state index in [1.807, 2.05) is 0 Å². The van der Waals surface area contributed by atoms with Crippen LogP contribution in [0.2, 0.25) is 0 Å². The molecule has 2 atom stereocenters. The molecule has 0 bridgehead atoms. The van der Waals surface area contributed by atoms with Crippen LogP contribution in [0.1, 0.15) is 51.4 Å². The molecule has 1 saturated heterocycles. The smallest absolute Gasteiger partial charge is 0.407 e. The Morgan fingerprint density at radius 1 is 1.11 bits per heavy atom. The van der Waals surface area contributed by atoms with E-state index in [0.717, 1.165) is 19.3 Å². The van der Waals surface area contributed by atoms with Gasteiger partial charge in [-0.05, 0) is 37.0 Å². The van der Waals surface area contributed by atoms with Crippen LogP contribution in [-0.4, -0.2) is 39.9 Å². The lowest BCUT2D eigenvalue weighted by Gasteiger charge is -2.31. The lowest BCUT2D eigenvalue weighted by atomic mass is 9.79. The number of hydrogen-bond acceptors (Lipinski definition) is 2. The van der Waals surface area contributed by atoms with Crippen molar-refractivity contribution in [3.05, 3.63) is 0 Å². The second kappa shape index (κ2) is 4.97. The lowest BCUT2D eigenvalue weighted by Crippen LogP contribution is -2.34. The van der Waals surface area contributed by atoms with Gasteiger partial charge in [-0.15, -0.1) is 0 Å². The monoisotopic (exact) mass is 267 g/mol. The minimum atomic E-state index is -0.801. The summed E-state index contributed by atoms with van der Waals surface area (Å²) >= 11 is 0. The summed E-state index contributed by atoms with van der Waals surface area (Å²) in [5.74, 6) is 1.49. The molecule has 4 heteroatoms. The number of carbonyl (C=O) groups is 1. The van der Waals surface area contributed by atoms with Gasteiger partial charge in [-0.25, -0.2) is 4.79 Å². The summed E-state index contributed by atoms with van der Waals surface area (Å²) < 4.78 is 0. The summed E-state index contributed by atoms with van der Waals surface area (Å²) in [5, 5.41) is 19.8. The fourth-order valence-electron chi connectivity index (χ4n) is 4.71. The van der Waals surface area contributed by atoms with Crippen molar-refractivity contribution in [3.63, 3.8) is 0 Å². The van der Waals surface area contributed by atoms with Crippen molar-refractivity contribution >= 4 is 6.09 Å². The van der Waals surface area contributed by atoms with Crippen LogP contribution in [0.5, 0.6) is 0 Å². The van der Waals surface area contributed by atoms with Gasteiger partial charge in [0.25, 0.3) is 0 Å². The molecule has 2 N–H and O–H groups in total. The van der Waals surface area contributed by atoms with Crippen LogP contribution in [-0.2, 0) is 0 Å². The fourth-order valence-corrected chi connectivity index (χ4v) is 4.71. The van der Waals surface area contributed by atoms with E-state index in [-0.39, 0.29) is 0 Å². The van der Waals surface area contributed by atoms with Gasteiger partial charge in [0.05, 0.1) is 5.60 Å². The standard InChI is InChI=1S/C15H25NO3/c17-14(18)16-9-12-7-15(19,8-13(12)10-16)6-11-4-2-1-3-5-11/h11-13,19H,1-10H2,(H,17,18). The van der Waals surface area contributed by atoms with Gasteiger partial charge >= 0.3 is 6.09 Å².